The van der Waals surface area contributed by atoms with E-state index in [2.05, 4.69) is 27.5 Å². The molecule has 0 aliphatic carbocycles. The standard InChI is InChI=1S/C14H16N2OS2/c17-14(16-13-4-2-1-3-5-13)15-7-9-19-11-12-6-8-18-10-12/h1-6,8,10H,7,9,11H2,(H2,15,16,17). The van der Waals surface area contributed by atoms with Crippen LogP contribution in [0.1, 0.15) is 5.56 Å². The van der Waals surface area contributed by atoms with Crippen LogP contribution >= 0.6 is 23.1 Å². The highest BCUT2D eigenvalue weighted by Crippen LogP contribution is 2.14. The summed E-state index contributed by atoms with van der Waals surface area (Å²) in [7, 11) is 0. The zero-order valence-corrected chi connectivity index (χ0v) is 12.1. The minimum absolute atomic E-state index is 0.151. The second-order valence-electron chi connectivity index (χ2n) is 3.93. The van der Waals surface area contributed by atoms with Crippen molar-refractivity contribution in [3.63, 3.8) is 0 Å². The van der Waals surface area contributed by atoms with Crippen molar-refractivity contribution in [2.75, 3.05) is 17.6 Å². The molecule has 100 valence electrons. The van der Waals surface area contributed by atoms with Gasteiger partial charge in [0, 0.05) is 23.7 Å². The van der Waals surface area contributed by atoms with E-state index in [1.165, 1.54) is 5.56 Å². The number of amides is 2. The first kappa shape index (κ1) is 14.0. The van der Waals surface area contributed by atoms with E-state index in [4.69, 9.17) is 0 Å². The van der Waals surface area contributed by atoms with Gasteiger partial charge in [0.2, 0.25) is 0 Å². The number of urea groups is 1. The largest absolute Gasteiger partial charge is 0.337 e. The first-order valence-electron chi connectivity index (χ1n) is 6.03. The molecule has 5 heteroatoms. The second kappa shape index (κ2) is 7.86. The van der Waals surface area contributed by atoms with Gasteiger partial charge >= 0.3 is 6.03 Å². The van der Waals surface area contributed by atoms with Crippen molar-refractivity contribution >= 4 is 34.8 Å². The number of hydrogen-bond acceptors (Lipinski definition) is 3. The average molecular weight is 292 g/mol. The molecule has 1 heterocycles. The Kier molecular flexibility index (Phi) is 5.78. The highest BCUT2D eigenvalue weighted by molar-refractivity contribution is 7.98. The highest BCUT2D eigenvalue weighted by Gasteiger charge is 2.00. The van der Waals surface area contributed by atoms with Crippen LogP contribution in [-0.2, 0) is 5.75 Å². The lowest BCUT2D eigenvalue weighted by molar-refractivity contribution is 0.252. The topological polar surface area (TPSA) is 41.1 Å². The molecule has 0 radical (unpaired) electrons. The summed E-state index contributed by atoms with van der Waals surface area (Å²) in [6.07, 6.45) is 0. The lowest BCUT2D eigenvalue weighted by Gasteiger charge is -2.07. The van der Waals surface area contributed by atoms with Gasteiger partial charge in [-0.1, -0.05) is 18.2 Å². The molecule has 1 aromatic heterocycles. The van der Waals surface area contributed by atoms with Gasteiger partial charge in [-0.15, -0.1) is 0 Å². The van der Waals surface area contributed by atoms with Gasteiger partial charge in [-0.2, -0.15) is 23.1 Å². The lowest BCUT2D eigenvalue weighted by atomic mass is 10.3. The third-order valence-corrected chi connectivity index (χ3v) is 4.17. The van der Waals surface area contributed by atoms with Crippen molar-refractivity contribution in [1.82, 2.24) is 5.32 Å². The molecule has 0 aliphatic rings. The van der Waals surface area contributed by atoms with Gasteiger partial charge in [-0.05, 0) is 34.5 Å². The molecule has 0 aliphatic heterocycles. The molecule has 0 unspecified atom stereocenters. The zero-order valence-electron chi connectivity index (χ0n) is 10.5. The Morgan fingerprint density at radius 2 is 2.05 bits per heavy atom. The Balaban J connectivity index is 1.57. The van der Waals surface area contributed by atoms with Crippen LogP contribution in [0.2, 0.25) is 0 Å². The van der Waals surface area contributed by atoms with E-state index in [0.29, 0.717) is 6.54 Å². The number of anilines is 1. The summed E-state index contributed by atoms with van der Waals surface area (Å²) in [5.41, 5.74) is 2.16. The van der Waals surface area contributed by atoms with Crippen LogP contribution in [0.5, 0.6) is 0 Å². The molecule has 0 atom stereocenters. The molecule has 0 spiro atoms. The van der Waals surface area contributed by atoms with Crippen molar-refractivity contribution in [1.29, 1.82) is 0 Å². The average Bonchev–Trinajstić information content (AvgIpc) is 2.92. The van der Waals surface area contributed by atoms with Gasteiger partial charge < -0.3 is 10.6 Å². The van der Waals surface area contributed by atoms with E-state index in [9.17, 15) is 4.79 Å². The predicted molar refractivity (Wildman–Crippen MR) is 83.9 cm³/mol. The third-order valence-electron chi connectivity index (χ3n) is 2.41. The Morgan fingerprint density at radius 3 is 2.79 bits per heavy atom. The maximum atomic E-state index is 11.6. The fourth-order valence-electron chi connectivity index (χ4n) is 1.50. The maximum absolute atomic E-state index is 11.6. The molecular formula is C14H16N2OS2. The smallest absolute Gasteiger partial charge is 0.319 e. The van der Waals surface area contributed by atoms with E-state index < -0.39 is 0 Å². The fourth-order valence-corrected chi connectivity index (χ4v) is 3.08. The first-order chi connectivity index (χ1) is 9.34. The molecule has 2 N–H and O–H groups in total. The molecule has 2 rings (SSSR count). The summed E-state index contributed by atoms with van der Waals surface area (Å²) in [6.45, 7) is 0.674. The van der Waals surface area contributed by atoms with E-state index in [-0.39, 0.29) is 6.03 Å². The number of carbonyl (C=O) groups excluding carboxylic acids is 1. The van der Waals surface area contributed by atoms with Crippen LogP contribution in [0.3, 0.4) is 0 Å². The van der Waals surface area contributed by atoms with Crippen molar-refractivity contribution in [2.24, 2.45) is 0 Å². The van der Waals surface area contributed by atoms with Crippen molar-refractivity contribution in [2.45, 2.75) is 5.75 Å². The van der Waals surface area contributed by atoms with E-state index in [1.807, 2.05) is 42.1 Å². The molecule has 2 amide bonds. The van der Waals surface area contributed by atoms with Gasteiger partial charge in [-0.3, -0.25) is 0 Å². The minimum atomic E-state index is -0.151. The molecule has 3 nitrogen and oxygen atoms in total. The number of benzene rings is 1. The number of nitrogens with one attached hydrogen (secondary N) is 2. The zero-order chi connectivity index (χ0) is 13.3. The third kappa shape index (κ3) is 5.36. The van der Waals surface area contributed by atoms with Crippen molar-refractivity contribution in [3.8, 4) is 0 Å². The lowest BCUT2D eigenvalue weighted by Crippen LogP contribution is -2.30. The predicted octanol–water partition coefficient (Wildman–Crippen LogP) is 3.80. The van der Waals surface area contributed by atoms with Crippen LogP contribution in [0.15, 0.2) is 47.2 Å². The number of thiophene rings is 1. The van der Waals surface area contributed by atoms with Gasteiger partial charge in [0.25, 0.3) is 0 Å². The van der Waals surface area contributed by atoms with Crippen LogP contribution < -0.4 is 10.6 Å². The molecule has 19 heavy (non-hydrogen) atoms. The number of rotatable bonds is 6. The summed E-state index contributed by atoms with van der Waals surface area (Å²) >= 11 is 3.54. The molecule has 0 fully saturated rings. The van der Waals surface area contributed by atoms with Crippen molar-refractivity contribution in [3.05, 3.63) is 52.7 Å². The van der Waals surface area contributed by atoms with Gasteiger partial charge in [0.15, 0.2) is 0 Å². The molecule has 0 saturated carbocycles. The van der Waals surface area contributed by atoms with Crippen molar-refractivity contribution < 1.29 is 4.79 Å². The molecular weight excluding hydrogens is 276 g/mol. The van der Waals surface area contributed by atoms with Crippen LogP contribution in [0.25, 0.3) is 0 Å². The highest BCUT2D eigenvalue weighted by atomic mass is 32.2. The SMILES string of the molecule is O=C(NCCSCc1ccsc1)Nc1ccccc1. The Morgan fingerprint density at radius 1 is 1.21 bits per heavy atom. The van der Waals surface area contributed by atoms with E-state index >= 15 is 0 Å². The summed E-state index contributed by atoms with van der Waals surface area (Å²) in [5.74, 6) is 1.92. The quantitative estimate of drug-likeness (QED) is 0.795. The normalized spacial score (nSPS) is 10.1. The van der Waals surface area contributed by atoms with E-state index in [0.717, 1.165) is 17.2 Å². The van der Waals surface area contributed by atoms with Gasteiger partial charge in [0.05, 0.1) is 0 Å². The number of thioether (sulfide) groups is 1. The van der Waals surface area contributed by atoms with E-state index in [1.54, 1.807) is 11.3 Å². The maximum Gasteiger partial charge on any atom is 0.319 e. The van der Waals surface area contributed by atoms with Gasteiger partial charge in [-0.25, -0.2) is 4.79 Å². The molecule has 0 bridgehead atoms. The monoisotopic (exact) mass is 292 g/mol. The Labute approximate surface area is 121 Å². The number of carbonyl (C=O) groups is 1. The summed E-state index contributed by atoms with van der Waals surface area (Å²) in [4.78, 5) is 11.6. The summed E-state index contributed by atoms with van der Waals surface area (Å²) in [6, 6.07) is 11.4. The Bertz CT molecular complexity index is 485. The van der Waals surface area contributed by atoms with Gasteiger partial charge in [0.1, 0.15) is 0 Å². The number of para-hydroxylation sites is 1. The molecule has 2 aromatic rings. The summed E-state index contributed by atoms with van der Waals surface area (Å²) < 4.78 is 0. The number of hydrogen-bond donors (Lipinski definition) is 2. The molecule has 1 aromatic carbocycles. The van der Waals surface area contributed by atoms with Crippen LogP contribution in [0.4, 0.5) is 10.5 Å². The Hall–Kier alpha value is -1.46. The minimum Gasteiger partial charge on any atom is -0.337 e. The molecule has 0 saturated heterocycles. The summed E-state index contributed by atoms with van der Waals surface area (Å²) in [5, 5.41) is 9.87. The van der Waals surface area contributed by atoms with Crippen LogP contribution in [0, 0.1) is 0 Å². The fraction of sp³-hybridized carbons (Fsp3) is 0.214. The van der Waals surface area contributed by atoms with Crippen LogP contribution in [-0.4, -0.2) is 18.3 Å². The second-order valence-corrected chi connectivity index (χ2v) is 5.82. The first-order valence-corrected chi connectivity index (χ1v) is 8.13.